The molecular weight excluding hydrogens is 184 g/mol. The van der Waals surface area contributed by atoms with Crippen molar-refractivity contribution in [1.82, 2.24) is 0 Å². The molecule has 1 aromatic heterocycles. The fraction of sp³-hybridized carbons (Fsp3) is 0.300. The summed E-state index contributed by atoms with van der Waals surface area (Å²) in [6, 6.07) is 4.07. The molecule has 0 aliphatic heterocycles. The molecule has 0 aliphatic carbocycles. The molecule has 0 amide bonds. The van der Waals surface area contributed by atoms with Crippen molar-refractivity contribution in [2.24, 2.45) is 0 Å². The molecule has 0 radical (unpaired) electrons. The van der Waals surface area contributed by atoms with E-state index in [2.05, 4.69) is 12.6 Å². The van der Waals surface area contributed by atoms with Crippen molar-refractivity contribution in [3.63, 3.8) is 0 Å². The van der Waals surface area contributed by atoms with E-state index < -0.39 is 5.97 Å². The molecule has 3 heteroatoms. The number of aryl methyl sites for hydroxylation is 1. The van der Waals surface area contributed by atoms with Crippen LogP contribution in [0.5, 0.6) is 0 Å². The summed E-state index contributed by atoms with van der Waals surface area (Å²) < 4.78 is 0. The number of carbonyl (C=O) groups is 1. The SMILES string of the molecule is C=C(CCCc1cccs1)C(=O)O. The van der Waals surface area contributed by atoms with Crippen LogP contribution in [0.1, 0.15) is 17.7 Å². The van der Waals surface area contributed by atoms with Crippen LogP contribution >= 0.6 is 11.3 Å². The zero-order valence-corrected chi connectivity index (χ0v) is 8.14. The topological polar surface area (TPSA) is 37.3 Å². The molecule has 0 saturated carbocycles. The summed E-state index contributed by atoms with van der Waals surface area (Å²) in [6.07, 6.45) is 2.39. The molecule has 1 heterocycles. The molecule has 1 aromatic rings. The molecule has 0 bridgehead atoms. The largest absolute Gasteiger partial charge is 0.478 e. The van der Waals surface area contributed by atoms with Gasteiger partial charge >= 0.3 is 5.97 Å². The Hall–Kier alpha value is -1.09. The fourth-order valence-electron chi connectivity index (χ4n) is 1.04. The molecule has 1 N–H and O–H groups in total. The van der Waals surface area contributed by atoms with Gasteiger partial charge in [-0.15, -0.1) is 11.3 Å². The highest BCUT2D eigenvalue weighted by Crippen LogP contribution is 2.13. The summed E-state index contributed by atoms with van der Waals surface area (Å²) >= 11 is 1.71. The second-order valence-corrected chi connectivity index (χ2v) is 3.87. The van der Waals surface area contributed by atoms with Gasteiger partial charge in [0, 0.05) is 10.5 Å². The van der Waals surface area contributed by atoms with Crippen LogP contribution in [-0.2, 0) is 11.2 Å². The van der Waals surface area contributed by atoms with Gasteiger partial charge in [-0.05, 0) is 30.7 Å². The number of carboxylic acid groups (broad SMARTS) is 1. The Morgan fingerprint density at radius 2 is 2.38 bits per heavy atom. The first-order valence-corrected chi connectivity index (χ1v) is 5.01. The van der Waals surface area contributed by atoms with Crippen molar-refractivity contribution in [3.8, 4) is 0 Å². The standard InChI is InChI=1S/C10H12O2S/c1-8(10(11)12)4-2-5-9-6-3-7-13-9/h3,6-7H,1-2,4-5H2,(H,11,12). The molecule has 2 nitrogen and oxygen atoms in total. The van der Waals surface area contributed by atoms with E-state index in [1.807, 2.05) is 11.4 Å². The van der Waals surface area contributed by atoms with Crippen molar-refractivity contribution >= 4 is 17.3 Å². The molecule has 13 heavy (non-hydrogen) atoms. The van der Waals surface area contributed by atoms with Gasteiger partial charge in [-0.1, -0.05) is 12.6 Å². The van der Waals surface area contributed by atoms with Gasteiger partial charge in [-0.2, -0.15) is 0 Å². The molecule has 0 spiro atoms. The summed E-state index contributed by atoms with van der Waals surface area (Å²) in [5.41, 5.74) is 0.302. The van der Waals surface area contributed by atoms with Crippen LogP contribution in [0.3, 0.4) is 0 Å². The molecule has 0 unspecified atom stereocenters. The Balaban J connectivity index is 2.22. The molecule has 0 aliphatic rings. The van der Waals surface area contributed by atoms with Crippen molar-refractivity contribution in [2.75, 3.05) is 0 Å². The number of rotatable bonds is 5. The zero-order valence-electron chi connectivity index (χ0n) is 7.32. The van der Waals surface area contributed by atoms with E-state index in [1.54, 1.807) is 11.3 Å². The highest BCUT2D eigenvalue weighted by molar-refractivity contribution is 7.09. The third-order valence-corrected chi connectivity index (χ3v) is 2.72. The highest BCUT2D eigenvalue weighted by atomic mass is 32.1. The minimum absolute atomic E-state index is 0.302. The van der Waals surface area contributed by atoms with Crippen LogP contribution in [0.25, 0.3) is 0 Å². The maximum absolute atomic E-state index is 10.4. The van der Waals surface area contributed by atoms with Crippen molar-refractivity contribution in [2.45, 2.75) is 19.3 Å². The van der Waals surface area contributed by atoms with E-state index in [0.29, 0.717) is 12.0 Å². The Labute approximate surface area is 81.5 Å². The van der Waals surface area contributed by atoms with Gasteiger partial charge in [-0.3, -0.25) is 0 Å². The van der Waals surface area contributed by atoms with Crippen LogP contribution in [0.4, 0.5) is 0 Å². The lowest BCUT2D eigenvalue weighted by Gasteiger charge is -1.98. The number of hydrogen-bond donors (Lipinski definition) is 1. The summed E-state index contributed by atoms with van der Waals surface area (Å²) in [5, 5.41) is 10.6. The average molecular weight is 196 g/mol. The molecule has 0 saturated heterocycles. The quantitative estimate of drug-likeness (QED) is 0.735. The first kappa shape index (κ1) is 9.99. The van der Waals surface area contributed by atoms with Gasteiger partial charge in [0.05, 0.1) is 0 Å². The van der Waals surface area contributed by atoms with Crippen LogP contribution in [0, 0.1) is 0 Å². The normalized spacial score (nSPS) is 9.85. The van der Waals surface area contributed by atoms with Gasteiger partial charge in [-0.25, -0.2) is 4.79 Å². The van der Waals surface area contributed by atoms with Crippen LogP contribution < -0.4 is 0 Å². The van der Waals surface area contributed by atoms with Gasteiger partial charge in [0.1, 0.15) is 0 Å². The maximum Gasteiger partial charge on any atom is 0.330 e. The van der Waals surface area contributed by atoms with Crippen molar-refractivity contribution in [1.29, 1.82) is 0 Å². The predicted molar refractivity (Wildman–Crippen MR) is 54.0 cm³/mol. The van der Waals surface area contributed by atoms with Crippen LogP contribution in [0.2, 0.25) is 0 Å². The summed E-state index contributed by atoms with van der Waals surface area (Å²) in [6.45, 7) is 3.48. The van der Waals surface area contributed by atoms with Gasteiger partial charge in [0.2, 0.25) is 0 Å². The minimum atomic E-state index is -0.883. The number of hydrogen-bond acceptors (Lipinski definition) is 2. The number of aliphatic carboxylic acids is 1. The molecule has 0 fully saturated rings. The summed E-state index contributed by atoms with van der Waals surface area (Å²) in [7, 11) is 0. The van der Waals surface area contributed by atoms with Gasteiger partial charge in [0.25, 0.3) is 0 Å². The predicted octanol–water partition coefficient (Wildman–Crippen LogP) is 2.71. The fourth-order valence-corrected chi connectivity index (χ4v) is 1.79. The first-order chi connectivity index (χ1) is 6.20. The Kier molecular flexibility index (Phi) is 3.71. The third-order valence-electron chi connectivity index (χ3n) is 1.78. The van der Waals surface area contributed by atoms with E-state index >= 15 is 0 Å². The smallest absolute Gasteiger partial charge is 0.330 e. The molecule has 1 rings (SSSR count). The zero-order chi connectivity index (χ0) is 9.68. The van der Waals surface area contributed by atoms with E-state index in [-0.39, 0.29) is 0 Å². The van der Waals surface area contributed by atoms with E-state index in [1.165, 1.54) is 4.88 Å². The number of carboxylic acids is 1. The Morgan fingerprint density at radius 3 is 2.92 bits per heavy atom. The van der Waals surface area contributed by atoms with Crippen molar-refractivity contribution < 1.29 is 9.90 Å². The van der Waals surface area contributed by atoms with Crippen LogP contribution in [0.15, 0.2) is 29.7 Å². The van der Waals surface area contributed by atoms with Gasteiger partial charge < -0.3 is 5.11 Å². The lowest BCUT2D eigenvalue weighted by atomic mass is 10.1. The number of thiophene rings is 1. The molecular formula is C10H12O2S. The van der Waals surface area contributed by atoms with E-state index in [0.717, 1.165) is 12.8 Å². The van der Waals surface area contributed by atoms with E-state index in [9.17, 15) is 4.79 Å². The second kappa shape index (κ2) is 4.82. The Morgan fingerprint density at radius 1 is 1.62 bits per heavy atom. The Bertz CT molecular complexity index is 288. The molecule has 0 atom stereocenters. The first-order valence-electron chi connectivity index (χ1n) is 4.13. The van der Waals surface area contributed by atoms with Crippen molar-refractivity contribution in [3.05, 3.63) is 34.5 Å². The lowest BCUT2D eigenvalue weighted by Crippen LogP contribution is -1.98. The lowest BCUT2D eigenvalue weighted by molar-refractivity contribution is -0.132. The highest BCUT2D eigenvalue weighted by Gasteiger charge is 2.03. The minimum Gasteiger partial charge on any atom is -0.478 e. The monoisotopic (exact) mass is 196 g/mol. The molecule has 70 valence electrons. The molecule has 0 aromatic carbocycles. The second-order valence-electron chi connectivity index (χ2n) is 2.84. The summed E-state index contributed by atoms with van der Waals surface area (Å²) in [4.78, 5) is 11.7. The average Bonchev–Trinajstić information content (AvgIpc) is 2.56. The summed E-state index contributed by atoms with van der Waals surface area (Å²) in [5.74, 6) is -0.883. The maximum atomic E-state index is 10.4. The van der Waals surface area contributed by atoms with E-state index in [4.69, 9.17) is 5.11 Å². The third kappa shape index (κ3) is 3.42. The van der Waals surface area contributed by atoms with Crippen LogP contribution in [-0.4, -0.2) is 11.1 Å². The van der Waals surface area contributed by atoms with Gasteiger partial charge in [0.15, 0.2) is 0 Å².